The molecule has 2 unspecified atom stereocenters. The minimum absolute atomic E-state index is 0.0553. The van der Waals surface area contributed by atoms with Crippen molar-refractivity contribution in [2.24, 2.45) is 10.2 Å². The van der Waals surface area contributed by atoms with E-state index >= 15 is 0 Å². The molecule has 4 aliphatic heterocycles. The van der Waals surface area contributed by atoms with E-state index in [0.29, 0.717) is 5.69 Å². The highest BCUT2D eigenvalue weighted by molar-refractivity contribution is 6.09. The highest BCUT2D eigenvalue weighted by Gasteiger charge is 2.35. The maximum absolute atomic E-state index is 12.0. The van der Waals surface area contributed by atoms with Crippen molar-refractivity contribution in [1.82, 2.24) is 15.4 Å². The molecule has 0 saturated heterocycles. The second-order valence-corrected chi connectivity index (χ2v) is 10.8. The van der Waals surface area contributed by atoms with Gasteiger partial charge in [-0.25, -0.2) is 10.9 Å². The summed E-state index contributed by atoms with van der Waals surface area (Å²) >= 11 is 0. The number of benzene rings is 2. The van der Waals surface area contributed by atoms with Crippen molar-refractivity contribution in [1.29, 1.82) is 0 Å². The van der Waals surface area contributed by atoms with Crippen LogP contribution < -0.4 is 26.4 Å². The molecule has 0 saturated carbocycles. The molecule has 40 heavy (non-hydrogen) atoms. The van der Waals surface area contributed by atoms with Crippen molar-refractivity contribution in [3.63, 3.8) is 0 Å². The van der Waals surface area contributed by atoms with E-state index in [-0.39, 0.29) is 23.9 Å². The van der Waals surface area contributed by atoms with Gasteiger partial charge in [0.2, 0.25) is 0 Å². The third-order valence-electron chi connectivity index (χ3n) is 8.14. The third-order valence-corrected chi connectivity index (χ3v) is 8.14. The number of carbonyl (C=O) groups excluding carboxylic acids is 2. The van der Waals surface area contributed by atoms with Gasteiger partial charge in [0.05, 0.1) is 0 Å². The van der Waals surface area contributed by atoms with Crippen molar-refractivity contribution in [3.05, 3.63) is 71.0 Å². The molecule has 10 heteroatoms. The van der Waals surface area contributed by atoms with Crippen LogP contribution in [0.4, 0.5) is 17.1 Å². The van der Waals surface area contributed by atoms with Crippen LogP contribution in [0.1, 0.15) is 49.2 Å². The van der Waals surface area contributed by atoms with E-state index in [0.717, 1.165) is 54.4 Å². The number of carbonyl (C=O) groups is 2. The van der Waals surface area contributed by atoms with Crippen molar-refractivity contribution in [3.8, 4) is 5.69 Å². The second-order valence-electron chi connectivity index (χ2n) is 10.8. The molecule has 0 spiro atoms. The summed E-state index contributed by atoms with van der Waals surface area (Å²) < 4.78 is 2.24. The Kier molecular flexibility index (Phi) is 6.32. The number of aromatic nitrogens is 1. The largest absolute Gasteiger partial charge is 0.399 e. The van der Waals surface area contributed by atoms with Gasteiger partial charge in [0, 0.05) is 47.0 Å². The van der Waals surface area contributed by atoms with E-state index in [4.69, 9.17) is 5.73 Å². The number of amides is 2. The van der Waals surface area contributed by atoms with E-state index in [1.165, 1.54) is 22.5 Å². The second kappa shape index (κ2) is 9.86. The summed E-state index contributed by atoms with van der Waals surface area (Å²) in [6.45, 7) is 8.02. The van der Waals surface area contributed by atoms with Crippen LogP contribution in [0.2, 0.25) is 0 Å². The van der Waals surface area contributed by atoms with Crippen LogP contribution in [-0.2, 0) is 22.4 Å². The summed E-state index contributed by atoms with van der Waals surface area (Å²) in [6.07, 6.45) is 3.60. The van der Waals surface area contributed by atoms with Crippen molar-refractivity contribution < 1.29 is 9.59 Å². The minimum Gasteiger partial charge on any atom is -0.399 e. The number of nitrogens with zero attached hydrogens (tertiary/aromatic N) is 5. The summed E-state index contributed by atoms with van der Waals surface area (Å²) in [5.74, 6) is 1.72. The molecule has 1 aromatic heterocycles. The Morgan fingerprint density at radius 2 is 1.23 bits per heavy atom. The molecule has 4 aliphatic rings. The molecule has 206 valence electrons. The number of nitrogen functional groups attached to an aromatic ring is 1. The van der Waals surface area contributed by atoms with E-state index in [1.54, 1.807) is 0 Å². The molecule has 0 aliphatic carbocycles. The maximum atomic E-state index is 12.0. The lowest BCUT2D eigenvalue weighted by atomic mass is 9.98. The quantitative estimate of drug-likeness (QED) is 0.410. The van der Waals surface area contributed by atoms with Gasteiger partial charge in [0.1, 0.15) is 23.8 Å². The summed E-state index contributed by atoms with van der Waals surface area (Å²) in [7, 11) is 0. The number of amidine groups is 2. The van der Waals surface area contributed by atoms with Gasteiger partial charge >= 0.3 is 0 Å². The van der Waals surface area contributed by atoms with Crippen LogP contribution in [-0.4, -0.2) is 40.1 Å². The first-order valence-corrected chi connectivity index (χ1v) is 13.7. The molecule has 2 amide bonds. The first kappa shape index (κ1) is 25.7. The topological polar surface area (TPSA) is 120 Å². The van der Waals surface area contributed by atoms with Gasteiger partial charge in [-0.2, -0.15) is 10.2 Å². The predicted octanol–water partition coefficient (Wildman–Crippen LogP) is 3.53. The fourth-order valence-electron chi connectivity index (χ4n) is 5.98. The highest BCUT2D eigenvalue weighted by atomic mass is 16.2. The Morgan fingerprint density at radius 1 is 0.725 bits per heavy atom. The fourth-order valence-corrected chi connectivity index (χ4v) is 5.98. The number of anilines is 3. The summed E-state index contributed by atoms with van der Waals surface area (Å²) in [5.41, 5.74) is 19.9. The molecule has 0 bridgehead atoms. The maximum Gasteiger partial charge on any atom is 0.262 e. The Labute approximate surface area is 233 Å². The molecular weight excluding hydrogens is 504 g/mol. The Balaban J connectivity index is 0.000000151. The van der Waals surface area contributed by atoms with Crippen LogP contribution >= 0.6 is 0 Å². The number of fused-ring (bicyclic) bond motifs is 6. The molecular formula is C30H34N8O2. The average molecular weight is 539 g/mol. The SMILES string of the molecule is CC1C(=O)NN=C2CCc3ccc(N)cc3N21.Cc1ccc(C)n1-c1ccc2c(c1)N1C(=NNC(=O)C1C)CC2. The lowest BCUT2D eigenvalue weighted by Crippen LogP contribution is -2.53. The molecule has 5 heterocycles. The number of nitrogens with two attached hydrogens (primary N) is 1. The van der Waals surface area contributed by atoms with E-state index in [2.05, 4.69) is 74.7 Å². The first-order chi connectivity index (χ1) is 19.2. The zero-order valence-electron chi connectivity index (χ0n) is 23.2. The summed E-state index contributed by atoms with van der Waals surface area (Å²) in [5, 5.41) is 8.36. The van der Waals surface area contributed by atoms with Crippen LogP contribution in [0.3, 0.4) is 0 Å². The lowest BCUT2D eigenvalue weighted by molar-refractivity contribution is -0.123. The van der Waals surface area contributed by atoms with Gasteiger partial charge in [0.15, 0.2) is 0 Å². The molecule has 2 aromatic carbocycles. The molecule has 2 atom stereocenters. The number of nitrogens with one attached hydrogen (secondary N) is 2. The fraction of sp³-hybridized carbons (Fsp3) is 0.333. The normalized spacial score (nSPS) is 20.9. The van der Waals surface area contributed by atoms with E-state index in [9.17, 15) is 9.59 Å². The standard InChI is InChI=1S/C18H20N4O.C12H14N4O/c1-11-4-5-12(2)21(11)15-8-6-14-7-9-17-19-20-18(23)13(3)22(17)16(14)10-15;1-7-12(17)15-14-11-5-3-8-2-4-9(13)6-10(8)16(7)11/h4-6,8,10,13H,7,9H2,1-3H3,(H,20,23);2,4,6-7H,3,5,13H2,1H3,(H,15,17). The Hall–Kier alpha value is -4.60. The van der Waals surface area contributed by atoms with Gasteiger partial charge < -0.3 is 20.1 Å². The van der Waals surface area contributed by atoms with Crippen molar-refractivity contribution in [2.75, 3.05) is 15.5 Å². The first-order valence-electron chi connectivity index (χ1n) is 13.7. The smallest absolute Gasteiger partial charge is 0.262 e. The number of aryl methyl sites for hydroxylation is 4. The summed E-state index contributed by atoms with van der Waals surface area (Å²) in [6, 6.07) is 16.1. The number of hydrogen-bond acceptors (Lipinski definition) is 7. The zero-order chi connectivity index (χ0) is 28.1. The molecule has 10 nitrogen and oxygen atoms in total. The van der Waals surface area contributed by atoms with Gasteiger partial charge in [-0.3, -0.25) is 9.59 Å². The number of hydrogen-bond donors (Lipinski definition) is 3. The lowest BCUT2D eigenvalue weighted by Gasteiger charge is -2.38. The van der Waals surface area contributed by atoms with Crippen LogP contribution in [0, 0.1) is 13.8 Å². The highest BCUT2D eigenvalue weighted by Crippen LogP contribution is 2.34. The molecule has 4 N–H and O–H groups in total. The third kappa shape index (κ3) is 4.29. The van der Waals surface area contributed by atoms with Crippen molar-refractivity contribution >= 4 is 40.5 Å². The van der Waals surface area contributed by atoms with E-state index in [1.807, 2.05) is 36.9 Å². The monoisotopic (exact) mass is 538 g/mol. The zero-order valence-corrected chi connectivity index (χ0v) is 23.2. The van der Waals surface area contributed by atoms with Gasteiger partial charge in [-0.05, 0) is 88.1 Å². The summed E-state index contributed by atoms with van der Waals surface area (Å²) in [4.78, 5) is 27.7. The Bertz CT molecular complexity index is 1570. The number of rotatable bonds is 1. The van der Waals surface area contributed by atoms with Crippen LogP contribution in [0.15, 0.2) is 58.7 Å². The van der Waals surface area contributed by atoms with Gasteiger partial charge in [-0.15, -0.1) is 0 Å². The molecule has 3 aromatic rings. The van der Waals surface area contributed by atoms with Crippen molar-refractivity contribution in [2.45, 2.75) is 65.5 Å². The predicted molar refractivity (Wildman–Crippen MR) is 158 cm³/mol. The molecule has 7 rings (SSSR count). The molecule has 0 fully saturated rings. The molecule has 0 radical (unpaired) electrons. The van der Waals surface area contributed by atoms with E-state index < -0.39 is 0 Å². The number of hydrazone groups is 2. The van der Waals surface area contributed by atoms with Gasteiger partial charge in [-0.1, -0.05) is 12.1 Å². The average Bonchev–Trinajstić information content (AvgIpc) is 3.29. The minimum atomic E-state index is -0.233. The van der Waals surface area contributed by atoms with Crippen LogP contribution in [0.25, 0.3) is 5.69 Å². The van der Waals surface area contributed by atoms with Crippen LogP contribution in [0.5, 0.6) is 0 Å². The Morgan fingerprint density at radius 3 is 1.77 bits per heavy atom. The van der Waals surface area contributed by atoms with Gasteiger partial charge in [0.25, 0.3) is 11.8 Å².